The van der Waals surface area contributed by atoms with Crippen LogP contribution in [0, 0.1) is 0 Å². The third-order valence-electron chi connectivity index (χ3n) is 4.15. The van der Waals surface area contributed by atoms with Crippen LogP contribution in [0.3, 0.4) is 0 Å². The molecule has 0 spiro atoms. The smallest absolute Gasteiger partial charge is 0.243 e. The summed E-state index contributed by atoms with van der Waals surface area (Å²) in [6.07, 6.45) is 11.7. The highest BCUT2D eigenvalue weighted by molar-refractivity contribution is 7.89. The van der Waals surface area contributed by atoms with Crippen molar-refractivity contribution >= 4 is 10.0 Å². The van der Waals surface area contributed by atoms with Crippen molar-refractivity contribution in [1.29, 1.82) is 0 Å². The molecule has 0 radical (unpaired) electrons. The third-order valence-corrected chi connectivity index (χ3v) is 5.56. The fourth-order valence-corrected chi connectivity index (χ4v) is 3.82. The van der Waals surface area contributed by atoms with Crippen LogP contribution < -0.4 is 4.72 Å². The van der Waals surface area contributed by atoms with Crippen molar-refractivity contribution in [1.82, 2.24) is 24.1 Å². The molecule has 0 aliphatic heterocycles. The molecule has 0 aromatic carbocycles. The Bertz CT molecular complexity index is 728. The lowest BCUT2D eigenvalue weighted by Crippen LogP contribution is -2.26. The molecule has 1 fully saturated rings. The fourth-order valence-electron chi connectivity index (χ4n) is 2.85. The first-order valence-corrected chi connectivity index (χ1v) is 9.04. The van der Waals surface area contributed by atoms with Gasteiger partial charge < -0.3 is 4.57 Å². The summed E-state index contributed by atoms with van der Waals surface area (Å²) in [6.45, 7) is 0.321. The Morgan fingerprint density at radius 1 is 1.36 bits per heavy atom. The summed E-state index contributed by atoms with van der Waals surface area (Å²) in [5, 5.41) is 4.22. The zero-order chi connectivity index (χ0) is 15.6. The lowest BCUT2D eigenvalue weighted by molar-refractivity contribution is 0.466. The predicted octanol–water partition coefficient (Wildman–Crippen LogP) is 1.25. The van der Waals surface area contributed by atoms with Crippen molar-refractivity contribution in [2.24, 2.45) is 7.05 Å². The number of imidazole rings is 1. The minimum atomic E-state index is -3.51. The van der Waals surface area contributed by atoms with Crippen LogP contribution >= 0.6 is 0 Å². The second-order valence-electron chi connectivity index (χ2n) is 5.70. The van der Waals surface area contributed by atoms with E-state index >= 15 is 0 Å². The summed E-state index contributed by atoms with van der Waals surface area (Å²) in [4.78, 5) is 4.41. The second-order valence-corrected chi connectivity index (χ2v) is 7.46. The lowest BCUT2D eigenvalue weighted by Gasteiger charge is -2.08. The van der Waals surface area contributed by atoms with Gasteiger partial charge in [-0.2, -0.15) is 5.10 Å². The molecule has 0 saturated heterocycles. The van der Waals surface area contributed by atoms with Crippen LogP contribution in [-0.2, 0) is 23.5 Å². The molecule has 0 unspecified atom stereocenters. The number of rotatable bonds is 6. The van der Waals surface area contributed by atoms with Gasteiger partial charge in [-0.25, -0.2) is 18.1 Å². The maximum atomic E-state index is 12.3. The SMILES string of the molecule is Cn1ccnc1CCNS(=O)(=O)c1cnn(C2CCCC2)c1. The van der Waals surface area contributed by atoms with Gasteiger partial charge in [-0.05, 0) is 12.8 Å². The summed E-state index contributed by atoms with van der Waals surface area (Å²) in [5.41, 5.74) is 0. The molecule has 3 rings (SSSR count). The Morgan fingerprint density at radius 2 is 2.14 bits per heavy atom. The standard InChI is InChI=1S/C14H21N5O2S/c1-18-9-8-15-14(18)6-7-17-22(20,21)13-10-16-19(11-13)12-4-2-3-5-12/h8-12,17H,2-7H2,1H3. The van der Waals surface area contributed by atoms with Gasteiger partial charge in [-0.3, -0.25) is 4.68 Å². The van der Waals surface area contributed by atoms with Crippen molar-refractivity contribution in [3.63, 3.8) is 0 Å². The number of aromatic nitrogens is 4. The van der Waals surface area contributed by atoms with Crippen molar-refractivity contribution in [3.05, 3.63) is 30.6 Å². The topological polar surface area (TPSA) is 81.8 Å². The second kappa shape index (κ2) is 6.21. The van der Waals surface area contributed by atoms with E-state index in [2.05, 4.69) is 14.8 Å². The van der Waals surface area contributed by atoms with Gasteiger partial charge in [0.1, 0.15) is 10.7 Å². The van der Waals surface area contributed by atoms with E-state index in [1.54, 1.807) is 17.1 Å². The van der Waals surface area contributed by atoms with Gasteiger partial charge in [-0.15, -0.1) is 0 Å². The molecule has 1 aliphatic rings. The van der Waals surface area contributed by atoms with Gasteiger partial charge in [0.2, 0.25) is 10.0 Å². The molecule has 1 saturated carbocycles. The molecule has 22 heavy (non-hydrogen) atoms. The van der Waals surface area contributed by atoms with E-state index in [9.17, 15) is 8.42 Å². The molecule has 2 heterocycles. The zero-order valence-electron chi connectivity index (χ0n) is 12.6. The summed E-state index contributed by atoms with van der Waals surface area (Å²) >= 11 is 0. The Labute approximate surface area is 130 Å². The Hall–Kier alpha value is -1.67. The molecule has 120 valence electrons. The van der Waals surface area contributed by atoms with E-state index in [0.29, 0.717) is 19.0 Å². The number of nitrogens with one attached hydrogen (secondary N) is 1. The molecule has 1 aliphatic carbocycles. The molecular weight excluding hydrogens is 302 g/mol. The molecule has 1 N–H and O–H groups in total. The monoisotopic (exact) mass is 323 g/mol. The van der Waals surface area contributed by atoms with Gasteiger partial charge in [0.25, 0.3) is 0 Å². The summed E-state index contributed by atoms with van der Waals surface area (Å²) in [6, 6.07) is 0.344. The van der Waals surface area contributed by atoms with Crippen molar-refractivity contribution in [2.75, 3.05) is 6.54 Å². The Morgan fingerprint density at radius 3 is 2.82 bits per heavy atom. The van der Waals surface area contributed by atoms with Crippen LogP contribution in [0.5, 0.6) is 0 Å². The van der Waals surface area contributed by atoms with Gasteiger partial charge in [0.15, 0.2) is 0 Å². The van der Waals surface area contributed by atoms with Crippen molar-refractivity contribution in [2.45, 2.75) is 43.0 Å². The highest BCUT2D eigenvalue weighted by Crippen LogP contribution is 2.29. The molecule has 0 bridgehead atoms. The molecule has 8 heteroatoms. The van der Waals surface area contributed by atoms with Gasteiger partial charge in [0, 0.05) is 38.6 Å². The highest BCUT2D eigenvalue weighted by atomic mass is 32.2. The van der Waals surface area contributed by atoms with E-state index in [4.69, 9.17) is 0 Å². The molecule has 2 aromatic heterocycles. The number of hydrogen-bond acceptors (Lipinski definition) is 4. The maximum absolute atomic E-state index is 12.3. The van der Waals surface area contributed by atoms with E-state index in [1.165, 1.54) is 19.0 Å². The lowest BCUT2D eigenvalue weighted by atomic mass is 10.3. The van der Waals surface area contributed by atoms with Crippen molar-refractivity contribution in [3.8, 4) is 0 Å². The average Bonchev–Trinajstić information content (AvgIpc) is 3.19. The number of sulfonamides is 1. The summed E-state index contributed by atoms with van der Waals surface area (Å²) in [5.74, 6) is 0.851. The quantitative estimate of drug-likeness (QED) is 0.867. The molecule has 0 atom stereocenters. The highest BCUT2D eigenvalue weighted by Gasteiger charge is 2.21. The molecular formula is C14H21N5O2S. The van der Waals surface area contributed by atoms with Crippen LogP contribution in [0.25, 0.3) is 0 Å². The minimum Gasteiger partial charge on any atom is -0.338 e. The molecule has 2 aromatic rings. The first-order valence-electron chi connectivity index (χ1n) is 7.56. The van der Waals surface area contributed by atoms with Crippen LogP contribution in [0.4, 0.5) is 0 Å². The molecule has 7 nitrogen and oxygen atoms in total. The maximum Gasteiger partial charge on any atom is 0.243 e. The van der Waals surface area contributed by atoms with E-state index < -0.39 is 10.0 Å². The van der Waals surface area contributed by atoms with Gasteiger partial charge in [0.05, 0.1) is 12.2 Å². The summed E-state index contributed by atoms with van der Waals surface area (Å²) < 4.78 is 30.8. The Balaban J connectivity index is 1.61. The van der Waals surface area contributed by atoms with Crippen LogP contribution in [-0.4, -0.2) is 34.3 Å². The van der Waals surface area contributed by atoms with Crippen LogP contribution in [0.2, 0.25) is 0 Å². The third kappa shape index (κ3) is 3.22. The van der Waals surface area contributed by atoms with Gasteiger partial charge in [-0.1, -0.05) is 12.8 Å². The van der Waals surface area contributed by atoms with Crippen molar-refractivity contribution < 1.29 is 8.42 Å². The number of hydrogen-bond donors (Lipinski definition) is 1. The van der Waals surface area contributed by atoms with Crippen LogP contribution in [0.15, 0.2) is 29.7 Å². The predicted molar refractivity (Wildman–Crippen MR) is 81.8 cm³/mol. The van der Waals surface area contributed by atoms with Crippen LogP contribution in [0.1, 0.15) is 37.5 Å². The van der Waals surface area contributed by atoms with Gasteiger partial charge >= 0.3 is 0 Å². The fraction of sp³-hybridized carbons (Fsp3) is 0.571. The number of nitrogens with zero attached hydrogens (tertiary/aromatic N) is 4. The van der Waals surface area contributed by atoms with E-state index in [1.807, 2.05) is 17.8 Å². The largest absolute Gasteiger partial charge is 0.338 e. The molecule has 0 amide bonds. The number of aryl methyl sites for hydroxylation is 1. The minimum absolute atomic E-state index is 0.235. The average molecular weight is 323 g/mol. The normalized spacial score (nSPS) is 16.4. The first-order chi connectivity index (χ1) is 10.6. The van der Waals surface area contributed by atoms with E-state index in [-0.39, 0.29) is 4.90 Å². The van der Waals surface area contributed by atoms with E-state index in [0.717, 1.165) is 18.7 Å². The first kappa shape index (κ1) is 15.2. The Kier molecular flexibility index (Phi) is 4.30. The summed E-state index contributed by atoms with van der Waals surface area (Å²) in [7, 11) is -1.61. The zero-order valence-corrected chi connectivity index (χ0v) is 13.5.